The van der Waals surface area contributed by atoms with Gasteiger partial charge in [-0.15, -0.1) is 5.10 Å². The summed E-state index contributed by atoms with van der Waals surface area (Å²) in [6, 6.07) is 17.5. The van der Waals surface area contributed by atoms with E-state index in [1.165, 1.54) is 16.5 Å². The molecule has 0 amide bonds. The van der Waals surface area contributed by atoms with Crippen LogP contribution in [-0.2, 0) is 5.54 Å². The van der Waals surface area contributed by atoms with Crippen molar-refractivity contribution in [2.75, 3.05) is 31.1 Å². The molecule has 0 radical (unpaired) electrons. The first-order chi connectivity index (χ1) is 13.9. The highest BCUT2D eigenvalue weighted by Crippen LogP contribution is 2.23. The van der Waals surface area contributed by atoms with Crippen molar-refractivity contribution >= 4 is 5.69 Å². The van der Waals surface area contributed by atoms with Crippen LogP contribution in [0.1, 0.15) is 38.2 Å². The van der Waals surface area contributed by atoms with Gasteiger partial charge in [0.25, 0.3) is 0 Å². The highest BCUT2D eigenvalue weighted by atomic mass is 19.1. The number of nitrogens with zero attached hydrogens (tertiary/aromatic N) is 5. The van der Waals surface area contributed by atoms with Gasteiger partial charge >= 0.3 is 0 Å². The first-order valence-electron chi connectivity index (χ1n) is 10.1. The first kappa shape index (κ1) is 19.5. The van der Waals surface area contributed by atoms with Gasteiger partial charge in [-0.3, -0.25) is 0 Å². The summed E-state index contributed by atoms with van der Waals surface area (Å²) in [7, 11) is 0. The standard InChI is InChI=1S/C22H27FN6/c1-22(2,3)29-21(24-25-26-29)20(17-9-5-4-6-10-17)28-15-13-27(14-16-28)19-12-8-7-11-18(19)23/h4-12,20H,13-16H2,1-3H3/p+1/t20-/m0/s1. The fourth-order valence-corrected chi connectivity index (χ4v) is 4.10. The second-order valence-corrected chi connectivity index (χ2v) is 8.56. The summed E-state index contributed by atoms with van der Waals surface area (Å²) in [5.41, 5.74) is 1.67. The van der Waals surface area contributed by atoms with Crippen LogP contribution in [0.15, 0.2) is 54.6 Å². The van der Waals surface area contributed by atoms with Crippen molar-refractivity contribution in [3.8, 4) is 0 Å². The summed E-state index contributed by atoms with van der Waals surface area (Å²) in [4.78, 5) is 3.53. The molecule has 7 heteroatoms. The monoisotopic (exact) mass is 395 g/mol. The molecule has 4 rings (SSSR count). The Morgan fingerprint density at radius 3 is 2.28 bits per heavy atom. The van der Waals surface area contributed by atoms with E-state index in [1.54, 1.807) is 6.07 Å². The molecule has 0 aliphatic carbocycles. The van der Waals surface area contributed by atoms with Crippen molar-refractivity contribution < 1.29 is 9.29 Å². The predicted octanol–water partition coefficient (Wildman–Crippen LogP) is 2.06. The topological polar surface area (TPSA) is 51.3 Å². The predicted molar refractivity (Wildman–Crippen MR) is 110 cm³/mol. The zero-order chi connectivity index (χ0) is 20.4. The van der Waals surface area contributed by atoms with Crippen LogP contribution in [0.5, 0.6) is 0 Å². The number of anilines is 1. The van der Waals surface area contributed by atoms with Gasteiger partial charge in [0, 0.05) is 5.56 Å². The van der Waals surface area contributed by atoms with E-state index in [4.69, 9.17) is 0 Å². The number of aromatic nitrogens is 4. The molecule has 1 saturated heterocycles. The van der Waals surface area contributed by atoms with E-state index < -0.39 is 0 Å². The summed E-state index contributed by atoms with van der Waals surface area (Å²) >= 11 is 0. The molecule has 1 atom stereocenters. The second kappa shape index (κ2) is 7.91. The van der Waals surface area contributed by atoms with Crippen LogP contribution >= 0.6 is 0 Å². The van der Waals surface area contributed by atoms with Crippen molar-refractivity contribution in [1.29, 1.82) is 0 Å². The quantitative estimate of drug-likeness (QED) is 0.735. The van der Waals surface area contributed by atoms with Gasteiger partial charge < -0.3 is 9.80 Å². The first-order valence-corrected chi connectivity index (χ1v) is 10.1. The number of rotatable bonds is 4. The van der Waals surface area contributed by atoms with Gasteiger partial charge in [0.1, 0.15) is 5.82 Å². The Bertz CT molecular complexity index is 941. The number of benzene rings is 2. The second-order valence-electron chi connectivity index (χ2n) is 8.56. The maximum absolute atomic E-state index is 14.2. The Morgan fingerprint density at radius 2 is 1.62 bits per heavy atom. The molecule has 29 heavy (non-hydrogen) atoms. The van der Waals surface area contributed by atoms with Crippen LogP contribution in [-0.4, -0.2) is 46.4 Å². The van der Waals surface area contributed by atoms with Gasteiger partial charge in [0.15, 0.2) is 6.04 Å². The van der Waals surface area contributed by atoms with E-state index in [-0.39, 0.29) is 17.4 Å². The third kappa shape index (κ3) is 4.00. The minimum atomic E-state index is -0.208. The molecule has 1 fully saturated rings. The van der Waals surface area contributed by atoms with Gasteiger partial charge in [-0.2, -0.15) is 0 Å². The highest BCUT2D eigenvalue weighted by Gasteiger charge is 2.36. The van der Waals surface area contributed by atoms with Crippen molar-refractivity contribution in [3.63, 3.8) is 0 Å². The van der Waals surface area contributed by atoms with Crippen LogP contribution in [0.2, 0.25) is 0 Å². The average Bonchev–Trinajstić information content (AvgIpc) is 3.20. The molecular weight excluding hydrogens is 367 g/mol. The maximum atomic E-state index is 14.2. The summed E-state index contributed by atoms with van der Waals surface area (Å²) in [5.74, 6) is 0.713. The number of para-hydroxylation sites is 1. The minimum absolute atomic E-state index is 0.0354. The van der Waals surface area contributed by atoms with Crippen molar-refractivity contribution in [1.82, 2.24) is 20.2 Å². The Morgan fingerprint density at radius 1 is 0.966 bits per heavy atom. The Hall–Kier alpha value is -2.80. The number of halogens is 1. The molecule has 2 heterocycles. The van der Waals surface area contributed by atoms with Gasteiger partial charge in [0.2, 0.25) is 5.82 Å². The fraction of sp³-hybridized carbons (Fsp3) is 0.409. The smallest absolute Gasteiger partial charge is 0.214 e. The van der Waals surface area contributed by atoms with Crippen LogP contribution in [0.25, 0.3) is 0 Å². The molecule has 1 N–H and O–H groups in total. The zero-order valence-corrected chi connectivity index (χ0v) is 17.2. The van der Waals surface area contributed by atoms with E-state index in [0.717, 1.165) is 32.0 Å². The molecule has 3 aromatic rings. The van der Waals surface area contributed by atoms with E-state index in [1.807, 2.05) is 22.9 Å². The molecule has 6 nitrogen and oxygen atoms in total. The van der Waals surface area contributed by atoms with Crippen molar-refractivity contribution in [3.05, 3.63) is 71.8 Å². The zero-order valence-electron chi connectivity index (χ0n) is 17.2. The van der Waals surface area contributed by atoms with Gasteiger partial charge in [-0.1, -0.05) is 42.5 Å². The molecule has 1 aromatic heterocycles. The lowest BCUT2D eigenvalue weighted by atomic mass is 10.0. The number of nitrogens with one attached hydrogen (secondary N) is 1. The molecule has 0 bridgehead atoms. The van der Waals surface area contributed by atoms with E-state index in [2.05, 4.69) is 65.5 Å². The molecule has 0 spiro atoms. The summed E-state index contributed by atoms with van der Waals surface area (Å²) in [5, 5.41) is 12.7. The Labute approximate surface area is 170 Å². The molecule has 1 aliphatic rings. The van der Waals surface area contributed by atoms with Gasteiger partial charge in [0.05, 0.1) is 37.4 Å². The lowest BCUT2D eigenvalue weighted by Crippen LogP contribution is -3.15. The van der Waals surface area contributed by atoms with Gasteiger partial charge in [-0.05, 0) is 43.3 Å². The summed E-state index contributed by atoms with van der Waals surface area (Å²) < 4.78 is 16.2. The minimum Gasteiger partial charge on any atom is -0.358 e. The number of hydrogen-bond acceptors (Lipinski definition) is 4. The molecule has 1 aliphatic heterocycles. The number of piperazine rings is 1. The Balaban J connectivity index is 1.63. The third-order valence-electron chi connectivity index (χ3n) is 5.53. The molecular formula is C22H28FN6+. The number of hydrogen-bond donors (Lipinski definition) is 1. The van der Waals surface area contributed by atoms with Crippen molar-refractivity contribution in [2.24, 2.45) is 0 Å². The van der Waals surface area contributed by atoms with Crippen LogP contribution in [0.3, 0.4) is 0 Å². The largest absolute Gasteiger partial charge is 0.358 e. The normalized spacial score (nSPS) is 16.8. The Kier molecular flexibility index (Phi) is 5.32. The van der Waals surface area contributed by atoms with Gasteiger partial charge in [-0.25, -0.2) is 9.07 Å². The average molecular weight is 396 g/mol. The maximum Gasteiger partial charge on any atom is 0.214 e. The van der Waals surface area contributed by atoms with E-state index >= 15 is 0 Å². The van der Waals surface area contributed by atoms with E-state index in [9.17, 15) is 4.39 Å². The highest BCUT2D eigenvalue weighted by molar-refractivity contribution is 5.47. The fourth-order valence-electron chi connectivity index (χ4n) is 4.10. The molecule has 0 unspecified atom stereocenters. The lowest BCUT2D eigenvalue weighted by molar-refractivity contribution is -0.927. The molecule has 152 valence electrons. The summed E-state index contributed by atoms with van der Waals surface area (Å²) in [6.07, 6.45) is 0. The van der Waals surface area contributed by atoms with Crippen LogP contribution in [0.4, 0.5) is 10.1 Å². The van der Waals surface area contributed by atoms with Crippen LogP contribution in [0, 0.1) is 5.82 Å². The third-order valence-corrected chi connectivity index (χ3v) is 5.53. The SMILES string of the molecule is CC(C)(C)n1nnnc1[C@H](c1ccccc1)[NH+]1CCN(c2ccccc2F)CC1. The molecule has 2 aromatic carbocycles. The number of quaternary nitrogens is 1. The van der Waals surface area contributed by atoms with Crippen molar-refractivity contribution in [2.45, 2.75) is 32.4 Å². The molecule has 0 saturated carbocycles. The lowest BCUT2D eigenvalue weighted by Gasteiger charge is -2.37. The summed E-state index contributed by atoms with van der Waals surface area (Å²) in [6.45, 7) is 9.67. The van der Waals surface area contributed by atoms with E-state index in [0.29, 0.717) is 5.69 Å². The van der Waals surface area contributed by atoms with Crippen LogP contribution < -0.4 is 9.80 Å². The number of tetrazole rings is 1.